The molecule has 2 aromatic heterocycles. The second kappa shape index (κ2) is 4.52. The van der Waals surface area contributed by atoms with Crippen molar-refractivity contribution in [3.05, 3.63) is 71.0 Å². The molecule has 0 bridgehead atoms. The van der Waals surface area contributed by atoms with Gasteiger partial charge < -0.3 is 5.73 Å². The monoisotopic (exact) mass is 251 g/mol. The molecule has 2 N–H and O–H groups in total. The maximum Gasteiger partial charge on any atom is 0.0712 e. The van der Waals surface area contributed by atoms with Crippen LogP contribution in [0, 0.1) is 13.8 Å². The predicted molar refractivity (Wildman–Crippen MR) is 77.1 cm³/mol. The topological polar surface area (TPSA) is 43.3 Å². The summed E-state index contributed by atoms with van der Waals surface area (Å²) in [5, 5.41) is 4.35. The predicted octanol–water partition coefficient (Wildman–Crippen LogP) is 3.00. The number of hydrogen-bond acceptors (Lipinski definition) is 2. The average Bonchev–Trinajstić information content (AvgIpc) is 2.82. The molecule has 96 valence electrons. The smallest absolute Gasteiger partial charge is 0.0712 e. The van der Waals surface area contributed by atoms with E-state index in [9.17, 15) is 0 Å². The van der Waals surface area contributed by atoms with E-state index in [1.165, 1.54) is 11.1 Å². The third kappa shape index (κ3) is 2.02. The number of nitrogens with zero attached hydrogens (tertiary/aromatic N) is 2. The minimum atomic E-state index is -0.138. The van der Waals surface area contributed by atoms with Gasteiger partial charge in [-0.3, -0.25) is 0 Å². The number of aryl methyl sites for hydroxylation is 2. The van der Waals surface area contributed by atoms with Gasteiger partial charge >= 0.3 is 0 Å². The molecular formula is C16H17N3. The van der Waals surface area contributed by atoms with Crippen LogP contribution in [-0.4, -0.2) is 9.61 Å². The first-order valence-corrected chi connectivity index (χ1v) is 6.42. The lowest BCUT2D eigenvalue weighted by Crippen LogP contribution is -2.13. The highest BCUT2D eigenvalue weighted by molar-refractivity contribution is 5.57. The Kier molecular flexibility index (Phi) is 2.84. The molecule has 0 saturated heterocycles. The maximum absolute atomic E-state index is 6.42. The molecule has 1 unspecified atom stereocenters. The fourth-order valence-corrected chi connectivity index (χ4v) is 2.54. The Hall–Kier alpha value is -2.13. The number of pyridine rings is 1. The summed E-state index contributed by atoms with van der Waals surface area (Å²) in [4.78, 5) is 0. The number of benzene rings is 1. The van der Waals surface area contributed by atoms with Crippen LogP contribution in [0.15, 0.2) is 48.8 Å². The molecule has 0 aliphatic rings. The molecule has 0 saturated carbocycles. The quantitative estimate of drug-likeness (QED) is 0.761. The number of hydrogen-bond donors (Lipinski definition) is 1. The average molecular weight is 251 g/mol. The fraction of sp³-hybridized carbons (Fsp3) is 0.188. The largest absolute Gasteiger partial charge is 0.320 e. The van der Waals surface area contributed by atoms with Gasteiger partial charge in [-0.05, 0) is 37.1 Å². The van der Waals surface area contributed by atoms with E-state index in [0.29, 0.717) is 0 Å². The van der Waals surface area contributed by atoms with Crippen molar-refractivity contribution in [3.63, 3.8) is 0 Å². The molecule has 1 atom stereocenters. The van der Waals surface area contributed by atoms with Crippen LogP contribution >= 0.6 is 0 Å². The molecule has 0 aliphatic carbocycles. The summed E-state index contributed by atoms with van der Waals surface area (Å²) >= 11 is 0. The highest BCUT2D eigenvalue weighted by atomic mass is 15.2. The Morgan fingerprint density at radius 2 is 1.95 bits per heavy atom. The molecule has 3 nitrogen and oxygen atoms in total. The van der Waals surface area contributed by atoms with Gasteiger partial charge in [0.25, 0.3) is 0 Å². The molecule has 0 spiro atoms. The van der Waals surface area contributed by atoms with E-state index in [0.717, 1.165) is 16.6 Å². The molecule has 3 aromatic rings. The maximum atomic E-state index is 6.42. The van der Waals surface area contributed by atoms with Crippen LogP contribution in [0.3, 0.4) is 0 Å². The molecule has 0 radical (unpaired) electrons. The minimum absolute atomic E-state index is 0.138. The van der Waals surface area contributed by atoms with E-state index in [4.69, 9.17) is 5.73 Å². The molecule has 0 aliphatic heterocycles. The summed E-state index contributed by atoms with van der Waals surface area (Å²) in [5.74, 6) is 0. The lowest BCUT2D eigenvalue weighted by Gasteiger charge is -2.14. The second-order valence-corrected chi connectivity index (χ2v) is 4.97. The van der Waals surface area contributed by atoms with Crippen molar-refractivity contribution in [2.45, 2.75) is 19.9 Å². The minimum Gasteiger partial charge on any atom is -0.320 e. The molecule has 19 heavy (non-hydrogen) atoms. The lowest BCUT2D eigenvalue weighted by atomic mass is 9.95. The van der Waals surface area contributed by atoms with Gasteiger partial charge in [0.1, 0.15) is 0 Å². The molecule has 0 fully saturated rings. The second-order valence-electron chi connectivity index (χ2n) is 4.97. The van der Waals surface area contributed by atoms with Crippen molar-refractivity contribution in [2.24, 2.45) is 5.73 Å². The van der Waals surface area contributed by atoms with Crippen molar-refractivity contribution in [1.82, 2.24) is 9.61 Å². The van der Waals surface area contributed by atoms with Gasteiger partial charge in [0, 0.05) is 11.8 Å². The number of nitrogens with two attached hydrogens (primary N) is 1. The number of fused-ring (bicyclic) bond motifs is 1. The third-order valence-corrected chi connectivity index (χ3v) is 3.55. The van der Waals surface area contributed by atoms with Crippen molar-refractivity contribution in [2.75, 3.05) is 0 Å². The van der Waals surface area contributed by atoms with E-state index in [-0.39, 0.29) is 6.04 Å². The van der Waals surface area contributed by atoms with Crippen LogP contribution in [0.5, 0.6) is 0 Å². The summed E-state index contributed by atoms with van der Waals surface area (Å²) < 4.78 is 1.86. The van der Waals surface area contributed by atoms with Crippen LogP contribution in [0.1, 0.15) is 28.3 Å². The van der Waals surface area contributed by atoms with Gasteiger partial charge in [-0.15, -0.1) is 0 Å². The van der Waals surface area contributed by atoms with Crippen molar-refractivity contribution >= 4 is 5.52 Å². The summed E-state index contributed by atoms with van der Waals surface area (Å²) in [6, 6.07) is 12.3. The molecule has 3 heteroatoms. The standard InChI is InChI=1S/C16H17N3/c1-11-6-7-13(12(2)9-11)16(17)14-10-18-19-8-4-3-5-15(14)19/h3-10,16H,17H2,1-2H3. The Labute approximate surface area is 112 Å². The van der Waals surface area contributed by atoms with Crippen LogP contribution in [0.25, 0.3) is 5.52 Å². The molecule has 2 heterocycles. The Bertz CT molecular complexity index is 728. The summed E-state index contributed by atoms with van der Waals surface area (Å²) in [6.07, 6.45) is 3.80. The van der Waals surface area contributed by atoms with Crippen LogP contribution in [-0.2, 0) is 0 Å². The zero-order valence-corrected chi connectivity index (χ0v) is 11.2. The first kappa shape index (κ1) is 11.9. The van der Waals surface area contributed by atoms with Gasteiger partial charge in [-0.25, -0.2) is 4.52 Å². The van der Waals surface area contributed by atoms with Gasteiger partial charge in [-0.1, -0.05) is 29.8 Å². The van der Waals surface area contributed by atoms with Crippen LogP contribution in [0.2, 0.25) is 0 Å². The van der Waals surface area contributed by atoms with Crippen LogP contribution in [0.4, 0.5) is 0 Å². The highest BCUT2D eigenvalue weighted by Gasteiger charge is 2.15. The summed E-state index contributed by atoms with van der Waals surface area (Å²) in [5.41, 5.74) is 12.2. The van der Waals surface area contributed by atoms with Crippen molar-refractivity contribution in [1.29, 1.82) is 0 Å². The normalized spacial score (nSPS) is 12.8. The number of aromatic nitrogens is 2. The van der Waals surface area contributed by atoms with Crippen LogP contribution < -0.4 is 5.73 Å². The fourth-order valence-electron chi connectivity index (χ4n) is 2.54. The Morgan fingerprint density at radius 1 is 1.11 bits per heavy atom. The van der Waals surface area contributed by atoms with Gasteiger partial charge in [0.15, 0.2) is 0 Å². The van der Waals surface area contributed by atoms with E-state index in [1.807, 2.05) is 35.1 Å². The Balaban J connectivity index is 2.10. The molecule has 3 rings (SSSR count). The highest BCUT2D eigenvalue weighted by Crippen LogP contribution is 2.26. The van der Waals surface area contributed by atoms with E-state index < -0.39 is 0 Å². The van der Waals surface area contributed by atoms with E-state index >= 15 is 0 Å². The summed E-state index contributed by atoms with van der Waals surface area (Å²) in [6.45, 7) is 4.20. The molecule has 0 amide bonds. The van der Waals surface area contributed by atoms with Crippen molar-refractivity contribution in [3.8, 4) is 0 Å². The molecule has 1 aromatic carbocycles. The third-order valence-electron chi connectivity index (χ3n) is 3.55. The van der Waals surface area contributed by atoms with Gasteiger partial charge in [-0.2, -0.15) is 5.10 Å². The molecular weight excluding hydrogens is 234 g/mol. The van der Waals surface area contributed by atoms with Gasteiger partial charge in [0.2, 0.25) is 0 Å². The Morgan fingerprint density at radius 3 is 2.74 bits per heavy atom. The SMILES string of the molecule is Cc1ccc(C(N)c2cnn3ccccc23)c(C)c1. The van der Waals surface area contributed by atoms with E-state index in [1.54, 1.807) is 0 Å². The lowest BCUT2D eigenvalue weighted by molar-refractivity contribution is 0.869. The van der Waals surface area contributed by atoms with E-state index in [2.05, 4.69) is 37.1 Å². The zero-order valence-electron chi connectivity index (χ0n) is 11.2. The van der Waals surface area contributed by atoms with Crippen molar-refractivity contribution < 1.29 is 0 Å². The summed E-state index contributed by atoms with van der Waals surface area (Å²) in [7, 11) is 0. The first-order valence-electron chi connectivity index (χ1n) is 6.42. The first-order chi connectivity index (χ1) is 9.16. The van der Waals surface area contributed by atoms with Gasteiger partial charge in [0.05, 0.1) is 17.8 Å². The number of rotatable bonds is 2. The zero-order chi connectivity index (χ0) is 13.4.